The van der Waals surface area contributed by atoms with Crippen molar-refractivity contribution in [3.63, 3.8) is 0 Å². The number of thiophene rings is 1. The van der Waals surface area contributed by atoms with E-state index in [4.69, 9.17) is 16.3 Å². The van der Waals surface area contributed by atoms with Crippen molar-refractivity contribution in [2.45, 2.75) is 19.2 Å². The fourth-order valence-corrected chi connectivity index (χ4v) is 2.57. The average molecular weight is 267 g/mol. The van der Waals surface area contributed by atoms with Gasteiger partial charge in [-0.15, -0.1) is 22.9 Å². The number of aryl methyl sites for hydroxylation is 1. The van der Waals surface area contributed by atoms with Gasteiger partial charge in [0.15, 0.2) is 0 Å². The van der Waals surface area contributed by atoms with Gasteiger partial charge in [0, 0.05) is 16.9 Å². The summed E-state index contributed by atoms with van der Waals surface area (Å²) >= 11 is 7.67. The molecule has 0 atom stereocenters. The first-order valence-electron chi connectivity index (χ1n) is 5.60. The number of benzene rings is 1. The van der Waals surface area contributed by atoms with E-state index in [1.807, 2.05) is 6.07 Å². The van der Waals surface area contributed by atoms with Crippen LogP contribution in [0.4, 0.5) is 0 Å². The molecule has 0 aliphatic heterocycles. The van der Waals surface area contributed by atoms with E-state index in [9.17, 15) is 0 Å². The lowest BCUT2D eigenvalue weighted by Crippen LogP contribution is -2.02. The Morgan fingerprint density at radius 3 is 2.88 bits per heavy atom. The molecule has 1 heterocycles. The summed E-state index contributed by atoms with van der Waals surface area (Å²) in [7, 11) is 0. The predicted molar refractivity (Wildman–Crippen MR) is 74.3 cm³/mol. The number of rotatable bonds is 5. The first-order valence-corrected chi connectivity index (χ1v) is 7.01. The predicted octanol–water partition coefficient (Wildman–Crippen LogP) is 4.42. The van der Waals surface area contributed by atoms with Gasteiger partial charge in [-0.2, -0.15) is 0 Å². The van der Waals surface area contributed by atoms with E-state index >= 15 is 0 Å². The molecule has 2 rings (SSSR count). The normalized spacial score (nSPS) is 10.5. The summed E-state index contributed by atoms with van der Waals surface area (Å²) in [5.41, 5.74) is 2.28. The largest absolute Gasteiger partial charge is 0.493 e. The molecule has 0 aliphatic rings. The zero-order valence-corrected chi connectivity index (χ0v) is 11.4. The van der Waals surface area contributed by atoms with Crippen molar-refractivity contribution in [1.82, 2.24) is 0 Å². The van der Waals surface area contributed by atoms with Crippen LogP contribution in [0.15, 0.2) is 35.7 Å². The summed E-state index contributed by atoms with van der Waals surface area (Å²) in [6.07, 6.45) is 0.952. The zero-order valence-electron chi connectivity index (χ0n) is 9.78. The Balaban J connectivity index is 1.94. The third-order valence-electron chi connectivity index (χ3n) is 2.55. The Morgan fingerprint density at radius 2 is 2.18 bits per heavy atom. The molecule has 1 nitrogen and oxygen atoms in total. The molecule has 1 aromatic carbocycles. The Kier molecular flexibility index (Phi) is 4.46. The van der Waals surface area contributed by atoms with Gasteiger partial charge in [-0.3, -0.25) is 0 Å². The molecular weight excluding hydrogens is 252 g/mol. The first kappa shape index (κ1) is 12.5. The van der Waals surface area contributed by atoms with Crippen molar-refractivity contribution in [3.05, 3.63) is 51.7 Å². The molecule has 0 aliphatic carbocycles. The summed E-state index contributed by atoms with van der Waals surface area (Å²) in [6.45, 7) is 2.76. The zero-order chi connectivity index (χ0) is 12.1. The highest BCUT2D eigenvalue weighted by molar-refractivity contribution is 7.09. The molecule has 1 aromatic heterocycles. The smallest absolute Gasteiger partial charge is 0.123 e. The highest BCUT2D eigenvalue weighted by atomic mass is 35.5. The summed E-state index contributed by atoms with van der Waals surface area (Å²) in [6, 6.07) is 10.3. The van der Waals surface area contributed by atoms with Gasteiger partial charge in [0.25, 0.3) is 0 Å². The molecule has 90 valence electrons. The lowest BCUT2D eigenvalue weighted by atomic mass is 10.1. The van der Waals surface area contributed by atoms with Crippen LogP contribution in [-0.4, -0.2) is 6.61 Å². The van der Waals surface area contributed by atoms with Crippen molar-refractivity contribution < 1.29 is 4.74 Å². The average Bonchev–Trinajstić information content (AvgIpc) is 2.84. The highest BCUT2D eigenvalue weighted by Crippen LogP contribution is 2.22. The third-order valence-corrected chi connectivity index (χ3v) is 3.77. The Bertz CT molecular complexity index is 465. The van der Waals surface area contributed by atoms with E-state index in [0.717, 1.165) is 17.7 Å². The molecule has 0 radical (unpaired) electrons. The second-order valence-electron chi connectivity index (χ2n) is 3.92. The van der Waals surface area contributed by atoms with Crippen molar-refractivity contribution in [3.8, 4) is 5.75 Å². The molecule has 0 saturated heterocycles. The summed E-state index contributed by atoms with van der Waals surface area (Å²) in [4.78, 5) is 1.35. The second-order valence-corrected chi connectivity index (χ2v) is 5.22. The van der Waals surface area contributed by atoms with Gasteiger partial charge in [0.1, 0.15) is 5.75 Å². The van der Waals surface area contributed by atoms with Crippen molar-refractivity contribution in [2.24, 2.45) is 0 Å². The summed E-state index contributed by atoms with van der Waals surface area (Å²) in [5, 5.41) is 2.09. The minimum absolute atomic E-state index is 0.496. The van der Waals surface area contributed by atoms with E-state index in [-0.39, 0.29) is 0 Å². The van der Waals surface area contributed by atoms with Gasteiger partial charge in [-0.25, -0.2) is 0 Å². The van der Waals surface area contributed by atoms with Crippen LogP contribution in [0.25, 0.3) is 0 Å². The molecular formula is C14H15ClOS. The van der Waals surface area contributed by atoms with Crippen LogP contribution in [0.3, 0.4) is 0 Å². The quantitative estimate of drug-likeness (QED) is 0.728. The molecule has 0 fully saturated rings. The molecule has 0 unspecified atom stereocenters. The van der Waals surface area contributed by atoms with Crippen molar-refractivity contribution in [1.29, 1.82) is 0 Å². The van der Waals surface area contributed by atoms with Gasteiger partial charge in [-0.1, -0.05) is 23.8 Å². The fourth-order valence-electron chi connectivity index (χ4n) is 1.67. The standard InChI is InChI=1S/C14H15ClOS/c1-11-4-5-14(12(9-11)10-15)16-7-6-13-3-2-8-17-13/h2-5,8-9H,6-7,10H2,1H3. The molecule has 2 aromatic rings. The second kappa shape index (κ2) is 6.08. The lowest BCUT2D eigenvalue weighted by Gasteiger charge is -2.10. The Labute approximate surface area is 111 Å². The lowest BCUT2D eigenvalue weighted by molar-refractivity contribution is 0.320. The van der Waals surface area contributed by atoms with Gasteiger partial charge >= 0.3 is 0 Å². The van der Waals surface area contributed by atoms with Gasteiger partial charge in [0.2, 0.25) is 0 Å². The van der Waals surface area contributed by atoms with Crippen LogP contribution in [0, 0.1) is 6.92 Å². The molecule has 17 heavy (non-hydrogen) atoms. The van der Waals surface area contributed by atoms with E-state index in [2.05, 4.69) is 36.6 Å². The monoisotopic (exact) mass is 266 g/mol. The number of ether oxygens (including phenoxy) is 1. The maximum atomic E-state index is 5.90. The highest BCUT2D eigenvalue weighted by Gasteiger charge is 2.03. The summed E-state index contributed by atoms with van der Waals surface area (Å²) < 4.78 is 5.78. The molecule has 0 saturated carbocycles. The Morgan fingerprint density at radius 1 is 1.29 bits per heavy atom. The third kappa shape index (κ3) is 3.48. The van der Waals surface area contributed by atoms with E-state index < -0.39 is 0 Å². The topological polar surface area (TPSA) is 9.23 Å². The van der Waals surface area contributed by atoms with Gasteiger partial charge in [-0.05, 0) is 24.4 Å². The van der Waals surface area contributed by atoms with E-state index in [1.165, 1.54) is 10.4 Å². The van der Waals surface area contributed by atoms with Crippen molar-refractivity contribution in [2.75, 3.05) is 6.61 Å². The molecule has 0 bridgehead atoms. The van der Waals surface area contributed by atoms with Gasteiger partial charge < -0.3 is 4.74 Å². The van der Waals surface area contributed by atoms with Crippen LogP contribution < -0.4 is 4.74 Å². The maximum Gasteiger partial charge on any atom is 0.123 e. The summed E-state index contributed by atoms with van der Waals surface area (Å²) in [5.74, 6) is 1.40. The van der Waals surface area contributed by atoms with E-state index in [1.54, 1.807) is 11.3 Å². The maximum absolute atomic E-state index is 5.90. The minimum atomic E-state index is 0.496. The van der Waals surface area contributed by atoms with Crippen LogP contribution in [0.5, 0.6) is 5.75 Å². The Hall–Kier alpha value is -0.990. The first-order chi connectivity index (χ1) is 8.29. The number of hydrogen-bond donors (Lipinski definition) is 0. The van der Waals surface area contributed by atoms with Crippen LogP contribution >= 0.6 is 22.9 Å². The number of alkyl halides is 1. The molecule has 3 heteroatoms. The molecule has 0 N–H and O–H groups in total. The fraction of sp³-hybridized carbons (Fsp3) is 0.286. The molecule has 0 spiro atoms. The SMILES string of the molecule is Cc1ccc(OCCc2cccs2)c(CCl)c1. The van der Waals surface area contributed by atoms with Crippen LogP contribution in [-0.2, 0) is 12.3 Å². The van der Waals surface area contributed by atoms with E-state index in [0.29, 0.717) is 12.5 Å². The molecule has 0 amide bonds. The van der Waals surface area contributed by atoms with Gasteiger partial charge in [0.05, 0.1) is 12.5 Å². The van der Waals surface area contributed by atoms with Crippen LogP contribution in [0.2, 0.25) is 0 Å². The minimum Gasteiger partial charge on any atom is -0.493 e. The number of hydrogen-bond acceptors (Lipinski definition) is 2. The van der Waals surface area contributed by atoms with Crippen molar-refractivity contribution >= 4 is 22.9 Å². The van der Waals surface area contributed by atoms with Crippen LogP contribution in [0.1, 0.15) is 16.0 Å². The number of halogens is 1.